The third kappa shape index (κ3) is 3.92. The molecule has 0 spiro atoms. The molecule has 0 aromatic carbocycles. The zero-order valence-electron chi connectivity index (χ0n) is 9.15. The van der Waals surface area contributed by atoms with Crippen LogP contribution in [0.1, 0.15) is 20.8 Å². The quantitative estimate of drug-likeness (QED) is 0.788. The van der Waals surface area contributed by atoms with E-state index in [2.05, 4.69) is 18.8 Å². The maximum Gasteiger partial charge on any atom is 0.259 e. The normalized spacial score (nSPS) is 11.2. The molecule has 15 heavy (non-hydrogen) atoms. The minimum atomic E-state index is 0.0821. The summed E-state index contributed by atoms with van der Waals surface area (Å²) < 4.78 is 10.8. The van der Waals surface area contributed by atoms with Crippen molar-refractivity contribution < 1.29 is 14.4 Å². The molecule has 0 saturated heterocycles. The molecule has 0 radical (unpaired) electrons. The molecule has 0 aliphatic carbocycles. The standard InChI is InChI=1S/C10H16NO3P/c1-4-13-9-5-8(12)6-11-10(9)14-15-7(2)3/h5-7,12,15H,4H2,1-3H3. The van der Waals surface area contributed by atoms with E-state index in [0.717, 1.165) is 0 Å². The molecule has 0 amide bonds. The van der Waals surface area contributed by atoms with Crippen molar-refractivity contribution in [2.24, 2.45) is 0 Å². The van der Waals surface area contributed by atoms with Gasteiger partial charge in [0.25, 0.3) is 5.88 Å². The molecule has 0 aliphatic rings. The maximum absolute atomic E-state index is 9.25. The first-order valence-corrected chi connectivity index (χ1v) is 5.86. The summed E-state index contributed by atoms with van der Waals surface area (Å²) in [6.07, 6.45) is 1.35. The second-order valence-electron chi connectivity index (χ2n) is 3.30. The lowest BCUT2D eigenvalue weighted by Gasteiger charge is -2.11. The van der Waals surface area contributed by atoms with Crippen LogP contribution >= 0.6 is 8.81 Å². The van der Waals surface area contributed by atoms with E-state index in [0.29, 0.717) is 32.7 Å². The molecule has 1 aromatic rings. The third-order valence-corrected chi connectivity index (χ3v) is 2.28. The van der Waals surface area contributed by atoms with Gasteiger partial charge in [0.2, 0.25) is 0 Å². The van der Waals surface area contributed by atoms with Gasteiger partial charge in [-0.1, -0.05) is 13.8 Å². The van der Waals surface area contributed by atoms with E-state index in [-0.39, 0.29) is 5.75 Å². The molecule has 1 aromatic heterocycles. The second kappa shape index (κ2) is 5.76. The van der Waals surface area contributed by atoms with Crippen molar-refractivity contribution in [3.8, 4) is 17.4 Å². The van der Waals surface area contributed by atoms with Gasteiger partial charge < -0.3 is 14.4 Å². The molecule has 0 aliphatic heterocycles. The Labute approximate surface area is 91.5 Å². The maximum atomic E-state index is 9.25. The van der Waals surface area contributed by atoms with Gasteiger partial charge in [-0.3, -0.25) is 0 Å². The average Bonchev–Trinajstić information content (AvgIpc) is 2.17. The SMILES string of the molecule is CCOc1cc(O)cnc1OPC(C)C. The number of hydrogen-bond donors (Lipinski definition) is 1. The minimum Gasteiger partial charge on any atom is -0.506 e. The Morgan fingerprint density at radius 1 is 1.53 bits per heavy atom. The molecule has 1 unspecified atom stereocenters. The molecule has 0 saturated carbocycles. The predicted molar refractivity (Wildman–Crippen MR) is 61.1 cm³/mol. The zero-order chi connectivity index (χ0) is 11.3. The topological polar surface area (TPSA) is 51.6 Å². The summed E-state index contributed by atoms with van der Waals surface area (Å²) in [5.41, 5.74) is 0.454. The molecule has 1 heterocycles. The van der Waals surface area contributed by atoms with Gasteiger partial charge in [0.05, 0.1) is 21.6 Å². The van der Waals surface area contributed by atoms with Crippen LogP contribution in [0.4, 0.5) is 0 Å². The second-order valence-corrected chi connectivity index (χ2v) is 4.90. The van der Waals surface area contributed by atoms with Crippen LogP contribution < -0.4 is 9.26 Å². The fraction of sp³-hybridized carbons (Fsp3) is 0.500. The van der Waals surface area contributed by atoms with Crippen LogP contribution in [-0.4, -0.2) is 22.4 Å². The van der Waals surface area contributed by atoms with Gasteiger partial charge in [-0.05, 0) is 6.92 Å². The van der Waals surface area contributed by atoms with Gasteiger partial charge in [0.15, 0.2) is 5.75 Å². The summed E-state index contributed by atoms with van der Waals surface area (Å²) >= 11 is 0. The molecule has 5 heteroatoms. The van der Waals surface area contributed by atoms with E-state index in [1.54, 1.807) is 0 Å². The Morgan fingerprint density at radius 3 is 2.87 bits per heavy atom. The van der Waals surface area contributed by atoms with Crippen molar-refractivity contribution in [3.63, 3.8) is 0 Å². The van der Waals surface area contributed by atoms with E-state index in [1.165, 1.54) is 12.3 Å². The lowest BCUT2D eigenvalue weighted by Crippen LogP contribution is -1.97. The molecule has 1 atom stereocenters. The van der Waals surface area contributed by atoms with Gasteiger partial charge in [-0.15, -0.1) is 0 Å². The Hall–Kier alpha value is -1.02. The summed E-state index contributed by atoms with van der Waals surface area (Å²) in [7, 11) is 0.340. The number of nitrogens with zero attached hydrogens (tertiary/aromatic N) is 1. The van der Waals surface area contributed by atoms with Crippen molar-refractivity contribution in [2.45, 2.75) is 26.4 Å². The van der Waals surface area contributed by atoms with Crippen LogP contribution in [0, 0.1) is 0 Å². The van der Waals surface area contributed by atoms with Crippen molar-refractivity contribution in [1.29, 1.82) is 0 Å². The first-order valence-electron chi connectivity index (χ1n) is 4.87. The molecule has 0 bridgehead atoms. The van der Waals surface area contributed by atoms with Crippen molar-refractivity contribution in [2.75, 3.05) is 6.61 Å². The van der Waals surface area contributed by atoms with E-state index < -0.39 is 0 Å². The molecule has 4 nitrogen and oxygen atoms in total. The molecule has 1 rings (SSSR count). The molecular weight excluding hydrogens is 213 g/mol. The molecule has 1 N–H and O–H groups in total. The van der Waals surface area contributed by atoms with Crippen LogP contribution in [0.3, 0.4) is 0 Å². The van der Waals surface area contributed by atoms with Crippen molar-refractivity contribution >= 4 is 8.81 Å². The highest BCUT2D eigenvalue weighted by molar-refractivity contribution is 7.33. The van der Waals surface area contributed by atoms with Crippen LogP contribution in [0.2, 0.25) is 0 Å². The Morgan fingerprint density at radius 2 is 2.27 bits per heavy atom. The number of hydrogen-bond acceptors (Lipinski definition) is 4. The van der Waals surface area contributed by atoms with Crippen molar-refractivity contribution in [3.05, 3.63) is 12.3 Å². The monoisotopic (exact) mass is 229 g/mol. The zero-order valence-corrected chi connectivity index (χ0v) is 10.2. The van der Waals surface area contributed by atoms with Gasteiger partial charge in [0, 0.05) is 11.7 Å². The van der Waals surface area contributed by atoms with Crippen LogP contribution in [0.15, 0.2) is 12.3 Å². The predicted octanol–water partition coefficient (Wildman–Crippen LogP) is 2.57. The highest BCUT2D eigenvalue weighted by Gasteiger charge is 2.08. The Balaban J connectivity index is 2.76. The van der Waals surface area contributed by atoms with E-state index in [4.69, 9.17) is 9.26 Å². The first kappa shape index (κ1) is 12.1. The highest BCUT2D eigenvalue weighted by atomic mass is 31.1. The number of rotatable bonds is 5. The number of aromatic nitrogens is 1. The number of pyridine rings is 1. The number of aromatic hydroxyl groups is 1. The Bertz CT molecular complexity index is 318. The molecule has 84 valence electrons. The van der Waals surface area contributed by atoms with E-state index >= 15 is 0 Å². The first-order chi connectivity index (χ1) is 7.13. The number of ether oxygens (including phenoxy) is 1. The fourth-order valence-corrected chi connectivity index (χ4v) is 1.43. The van der Waals surface area contributed by atoms with Gasteiger partial charge >= 0.3 is 0 Å². The molecular formula is C10H16NO3P. The van der Waals surface area contributed by atoms with E-state index in [1.807, 2.05) is 6.92 Å². The summed E-state index contributed by atoms with van der Waals surface area (Å²) in [4.78, 5) is 3.98. The summed E-state index contributed by atoms with van der Waals surface area (Å²) in [6, 6.07) is 1.51. The van der Waals surface area contributed by atoms with Gasteiger partial charge in [-0.2, -0.15) is 0 Å². The lowest BCUT2D eigenvalue weighted by molar-refractivity contribution is 0.324. The largest absolute Gasteiger partial charge is 0.506 e. The summed E-state index contributed by atoms with van der Waals surface area (Å²) in [5.74, 6) is 1.02. The lowest BCUT2D eigenvalue weighted by atomic mass is 10.4. The fourth-order valence-electron chi connectivity index (χ4n) is 0.931. The Kier molecular flexibility index (Phi) is 4.63. The van der Waals surface area contributed by atoms with Crippen molar-refractivity contribution in [1.82, 2.24) is 4.98 Å². The third-order valence-electron chi connectivity index (χ3n) is 1.49. The van der Waals surface area contributed by atoms with Gasteiger partial charge in [-0.25, -0.2) is 4.98 Å². The minimum absolute atomic E-state index is 0.0821. The van der Waals surface area contributed by atoms with Crippen LogP contribution in [0.25, 0.3) is 0 Å². The summed E-state index contributed by atoms with van der Waals surface area (Å²) in [5, 5.41) is 9.25. The van der Waals surface area contributed by atoms with E-state index in [9.17, 15) is 5.11 Å². The average molecular weight is 229 g/mol. The van der Waals surface area contributed by atoms with Crippen LogP contribution in [-0.2, 0) is 0 Å². The highest BCUT2D eigenvalue weighted by Crippen LogP contribution is 2.33. The summed E-state index contributed by atoms with van der Waals surface area (Å²) in [6.45, 7) is 6.53. The smallest absolute Gasteiger partial charge is 0.259 e. The van der Waals surface area contributed by atoms with Crippen LogP contribution in [0.5, 0.6) is 17.4 Å². The molecule has 0 fully saturated rings. The van der Waals surface area contributed by atoms with Gasteiger partial charge in [0.1, 0.15) is 5.75 Å².